The van der Waals surface area contributed by atoms with Crippen LogP contribution in [0.25, 0.3) is 10.8 Å². The predicted molar refractivity (Wildman–Crippen MR) is 101 cm³/mol. The second-order valence-electron chi connectivity index (χ2n) is 6.67. The molecule has 0 saturated carbocycles. The van der Waals surface area contributed by atoms with Gasteiger partial charge in [0.25, 0.3) is 0 Å². The second kappa shape index (κ2) is 7.42. The zero-order valence-corrected chi connectivity index (χ0v) is 14.7. The van der Waals surface area contributed by atoms with Gasteiger partial charge in [0, 0.05) is 43.9 Å². The Morgan fingerprint density at radius 1 is 1.16 bits per heavy atom. The number of carbonyl (C=O) groups is 2. The van der Waals surface area contributed by atoms with Gasteiger partial charge in [-0.1, -0.05) is 36.4 Å². The average Bonchev–Trinajstić information content (AvgIpc) is 2.94. The fraction of sp³-hybridized carbons (Fsp3) is 0.368. The lowest BCUT2D eigenvalue weighted by Gasteiger charge is -2.27. The van der Waals surface area contributed by atoms with Gasteiger partial charge in [-0.15, -0.1) is 12.4 Å². The zero-order valence-electron chi connectivity index (χ0n) is 13.9. The standard InChI is InChI=1S/C19H21N3O2.ClH/c23-18-8-15(19(24)21-11-13-9-20-10-13)12-22(18)17-7-3-5-14-4-1-2-6-16(14)17;/h1-7,13,15,20H,8-12H2,(H,21,24);1H. The molecule has 0 radical (unpaired) electrons. The summed E-state index contributed by atoms with van der Waals surface area (Å²) in [6, 6.07) is 14.0. The molecule has 0 aliphatic carbocycles. The Kier molecular flexibility index (Phi) is 5.25. The summed E-state index contributed by atoms with van der Waals surface area (Å²) in [6.45, 7) is 3.09. The molecule has 6 heteroatoms. The first-order valence-corrected chi connectivity index (χ1v) is 8.49. The van der Waals surface area contributed by atoms with Crippen LogP contribution in [0.3, 0.4) is 0 Å². The summed E-state index contributed by atoms with van der Waals surface area (Å²) < 4.78 is 0. The monoisotopic (exact) mass is 359 g/mol. The summed E-state index contributed by atoms with van der Waals surface area (Å²) in [6.07, 6.45) is 0.290. The first kappa shape index (κ1) is 17.7. The number of rotatable bonds is 4. The smallest absolute Gasteiger partial charge is 0.227 e. The number of fused-ring (bicyclic) bond motifs is 1. The Morgan fingerprint density at radius 2 is 1.92 bits per heavy atom. The van der Waals surface area contributed by atoms with Crippen LogP contribution in [0.5, 0.6) is 0 Å². The van der Waals surface area contributed by atoms with Crippen molar-refractivity contribution in [2.75, 3.05) is 31.1 Å². The highest BCUT2D eigenvalue weighted by atomic mass is 35.5. The van der Waals surface area contributed by atoms with E-state index in [2.05, 4.69) is 10.6 Å². The van der Waals surface area contributed by atoms with E-state index in [9.17, 15) is 9.59 Å². The summed E-state index contributed by atoms with van der Waals surface area (Å²) in [7, 11) is 0. The van der Waals surface area contributed by atoms with Gasteiger partial charge in [-0.3, -0.25) is 9.59 Å². The van der Waals surface area contributed by atoms with Crippen LogP contribution < -0.4 is 15.5 Å². The minimum Gasteiger partial charge on any atom is -0.355 e. The molecule has 0 bridgehead atoms. The van der Waals surface area contributed by atoms with Crippen molar-refractivity contribution in [2.45, 2.75) is 6.42 Å². The second-order valence-corrected chi connectivity index (χ2v) is 6.67. The summed E-state index contributed by atoms with van der Waals surface area (Å²) in [5.41, 5.74) is 0.900. The third kappa shape index (κ3) is 3.48. The normalized spacial score (nSPS) is 20.2. The van der Waals surface area contributed by atoms with Crippen LogP contribution in [0.15, 0.2) is 42.5 Å². The minimum absolute atomic E-state index is 0. The summed E-state index contributed by atoms with van der Waals surface area (Å²) in [4.78, 5) is 26.6. The molecule has 2 heterocycles. The van der Waals surface area contributed by atoms with Crippen LogP contribution in [0, 0.1) is 11.8 Å². The van der Waals surface area contributed by atoms with Gasteiger partial charge in [0.2, 0.25) is 11.8 Å². The molecule has 1 unspecified atom stereocenters. The number of carbonyl (C=O) groups excluding carboxylic acids is 2. The van der Waals surface area contributed by atoms with Crippen molar-refractivity contribution in [1.29, 1.82) is 0 Å². The van der Waals surface area contributed by atoms with Crippen molar-refractivity contribution in [3.63, 3.8) is 0 Å². The third-order valence-corrected chi connectivity index (χ3v) is 4.98. The molecule has 2 aliphatic heterocycles. The number of halogens is 1. The molecule has 25 heavy (non-hydrogen) atoms. The average molecular weight is 360 g/mol. The zero-order chi connectivity index (χ0) is 16.5. The fourth-order valence-electron chi connectivity index (χ4n) is 3.44. The Morgan fingerprint density at radius 3 is 2.68 bits per heavy atom. The van der Waals surface area contributed by atoms with Gasteiger partial charge >= 0.3 is 0 Å². The summed E-state index contributed by atoms with van der Waals surface area (Å²) in [5, 5.41) is 8.35. The summed E-state index contributed by atoms with van der Waals surface area (Å²) in [5.74, 6) is 0.291. The predicted octanol–water partition coefficient (Wildman–Crippen LogP) is 1.95. The Labute approximate surface area is 153 Å². The van der Waals surface area contributed by atoms with Crippen LogP contribution in [-0.4, -0.2) is 38.0 Å². The number of hydrogen-bond acceptors (Lipinski definition) is 3. The van der Waals surface area contributed by atoms with Crippen molar-refractivity contribution in [1.82, 2.24) is 10.6 Å². The number of benzene rings is 2. The van der Waals surface area contributed by atoms with E-state index in [1.807, 2.05) is 42.5 Å². The Balaban J connectivity index is 0.00000182. The van der Waals surface area contributed by atoms with Crippen LogP contribution in [-0.2, 0) is 9.59 Å². The molecule has 0 aromatic heterocycles. The molecule has 4 rings (SSSR count). The fourth-order valence-corrected chi connectivity index (χ4v) is 3.44. The number of hydrogen-bond donors (Lipinski definition) is 2. The van der Waals surface area contributed by atoms with Crippen molar-refractivity contribution < 1.29 is 9.59 Å². The lowest BCUT2D eigenvalue weighted by Crippen LogP contribution is -2.49. The molecule has 2 aliphatic rings. The van der Waals surface area contributed by atoms with E-state index in [1.54, 1.807) is 4.90 Å². The van der Waals surface area contributed by atoms with Crippen LogP contribution in [0.4, 0.5) is 5.69 Å². The molecule has 132 valence electrons. The van der Waals surface area contributed by atoms with Crippen LogP contribution in [0.1, 0.15) is 6.42 Å². The quantitative estimate of drug-likeness (QED) is 0.877. The van der Waals surface area contributed by atoms with E-state index in [-0.39, 0.29) is 36.6 Å². The highest BCUT2D eigenvalue weighted by molar-refractivity contribution is 6.06. The van der Waals surface area contributed by atoms with Gasteiger partial charge in [0.05, 0.1) is 11.6 Å². The number of amides is 2. The van der Waals surface area contributed by atoms with Gasteiger partial charge in [-0.25, -0.2) is 0 Å². The maximum Gasteiger partial charge on any atom is 0.227 e. The van der Waals surface area contributed by atoms with E-state index < -0.39 is 0 Å². The van der Waals surface area contributed by atoms with Crippen molar-refractivity contribution in [2.24, 2.45) is 11.8 Å². The lowest BCUT2D eigenvalue weighted by molar-refractivity contribution is -0.126. The van der Waals surface area contributed by atoms with E-state index in [0.717, 1.165) is 29.5 Å². The maximum absolute atomic E-state index is 12.5. The van der Waals surface area contributed by atoms with Gasteiger partial charge in [-0.05, 0) is 11.5 Å². The molecule has 5 nitrogen and oxygen atoms in total. The van der Waals surface area contributed by atoms with Gasteiger partial charge < -0.3 is 15.5 Å². The molecule has 2 fully saturated rings. The van der Waals surface area contributed by atoms with E-state index >= 15 is 0 Å². The topological polar surface area (TPSA) is 61.4 Å². The SMILES string of the molecule is Cl.O=C(NCC1CNC1)C1CC(=O)N(c2cccc3ccccc23)C1. The molecule has 2 N–H and O–H groups in total. The molecule has 2 aromatic carbocycles. The van der Waals surface area contributed by atoms with E-state index in [0.29, 0.717) is 19.0 Å². The van der Waals surface area contributed by atoms with Crippen LogP contribution in [0.2, 0.25) is 0 Å². The molecular formula is C19H22ClN3O2. The molecule has 2 saturated heterocycles. The van der Waals surface area contributed by atoms with E-state index in [4.69, 9.17) is 0 Å². The molecule has 1 atom stereocenters. The first-order valence-electron chi connectivity index (χ1n) is 8.49. The van der Waals surface area contributed by atoms with Gasteiger partial charge in [0.1, 0.15) is 0 Å². The third-order valence-electron chi connectivity index (χ3n) is 4.98. The number of anilines is 1. The maximum atomic E-state index is 12.5. The van der Waals surface area contributed by atoms with Crippen molar-refractivity contribution >= 4 is 40.7 Å². The highest BCUT2D eigenvalue weighted by Crippen LogP contribution is 2.31. The molecule has 2 aromatic rings. The minimum atomic E-state index is -0.260. The molecule has 2 amide bonds. The van der Waals surface area contributed by atoms with Crippen molar-refractivity contribution in [3.8, 4) is 0 Å². The largest absolute Gasteiger partial charge is 0.355 e. The van der Waals surface area contributed by atoms with Crippen LogP contribution >= 0.6 is 12.4 Å². The first-order chi connectivity index (χ1) is 11.7. The molecule has 0 spiro atoms. The van der Waals surface area contributed by atoms with Gasteiger partial charge in [0.15, 0.2) is 0 Å². The Bertz CT molecular complexity index is 786. The van der Waals surface area contributed by atoms with E-state index in [1.165, 1.54) is 0 Å². The van der Waals surface area contributed by atoms with Gasteiger partial charge in [-0.2, -0.15) is 0 Å². The highest BCUT2D eigenvalue weighted by Gasteiger charge is 2.35. The number of nitrogens with one attached hydrogen (secondary N) is 2. The molecular weight excluding hydrogens is 338 g/mol. The summed E-state index contributed by atoms with van der Waals surface area (Å²) >= 11 is 0. The number of nitrogens with zero attached hydrogens (tertiary/aromatic N) is 1. The Hall–Kier alpha value is -2.11. The van der Waals surface area contributed by atoms with Crippen molar-refractivity contribution in [3.05, 3.63) is 42.5 Å². The lowest BCUT2D eigenvalue weighted by atomic mass is 10.0.